The van der Waals surface area contributed by atoms with Crippen LogP contribution in [0.3, 0.4) is 0 Å². The van der Waals surface area contributed by atoms with Crippen molar-refractivity contribution < 1.29 is 9.59 Å². The molecular formula is C30H37N3O2S. The third-order valence-corrected chi connectivity index (χ3v) is 7.08. The fourth-order valence-electron chi connectivity index (χ4n) is 3.91. The van der Waals surface area contributed by atoms with Crippen molar-refractivity contribution >= 4 is 23.2 Å². The van der Waals surface area contributed by atoms with Gasteiger partial charge in [-0.1, -0.05) is 66.7 Å². The van der Waals surface area contributed by atoms with Crippen LogP contribution in [-0.2, 0) is 22.4 Å². The van der Waals surface area contributed by atoms with Crippen molar-refractivity contribution in [2.75, 3.05) is 20.6 Å². The summed E-state index contributed by atoms with van der Waals surface area (Å²) < 4.78 is 0. The number of hydrogen-bond acceptors (Lipinski definition) is 4. The minimum absolute atomic E-state index is 0.0675. The maximum absolute atomic E-state index is 13.6. The first kappa shape index (κ1) is 27.4. The fraction of sp³-hybridized carbons (Fsp3) is 0.333. The number of nitrogens with two attached hydrogens (primary N) is 1. The van der Waals surface area contributed by atoms with Crippen LogP contribution in [0.5, 0.6) is 0 Å². The second-order valence-electron chi connectivity index (χ2n) is 9.92. The van der Waals surface area contributed by atoms with Crippen LogP contribution in [-0.4, -0.2) is 53.8 Å². The van der Waals surface area contributed by atoms with Gasteiger partial charge >= 0.3 is 0 Å². The molecule has 1 atom stereocenters. The summed E-state index contributed by atoms with van der Waals surface area (Å²) in [6, 6.07) is 21.9. The number of thiophene rings is 1. The van der Waals surface area contributed by atoms with E-state index in [2.05, 4.69) is 30.3 Å². The molecule has 0 unspecified atom stereocenters. The van der Waals surface area contributed by atoms with Crippen molar-refractivity contribution in [1.82, 2.24) is 9.80 Å². The smallest absolute Gasteiger partial charge is 0.246 e. The average molecular weight is 504 g/mol. The SMILES string of the molecule is CN(CCc1cccs1)C(=O)[C@@H](Cc1ccc(-c2ccccc2)cc1)N(C)C(=O)C=CCC(C)(C)N. The van der Waals surface area contributed by atoms with Crippen LogP contribution in [0.15, 0.2) is 84.3 Å². The number of amides is 2. The first-order chi connectivity index (χ1) is 17.1. The van der Waals surface area contributed by atoms with Gasteiger partial charge in [0.25, 0.3) is 0 Å². The lowest BCUT2D eigenvalue weighted by Crippen LogP contribution is -2.49. The van der Waals surface area contributed by atoms with Gasteiger partial charge in [-0.3, -0.25) is 9.59 Å². The molecule has 0 aliphatic rings. The van der Waals surface area contributed by atoms with Crippen LogP contribution >= 0.6 is 11.3 Å². The van der Waals surface area contributed by atoms with E-state index in [0.29, 0.717) is 19.4 Å². The van der Waals surface area contributed by atoms with Crippen molar-refractivity contribution in [2.45, 2.75) is 44.7 Å². The van der Waals surface area contributed by atoms with Crippen molar-refractivity contribution in [3.63, 3.8) is 0 Å². The van der Waals surface area contributed by atoms with Crippen LogP contribution in [0, 0.1) is 0 Å². The molecule has 3 aromatic rings. The predicted octanol–water partition coefficient (Wildman–Crippen LogP) is 5.17. The maximum Gasteiger partial charge on any atom is 0.246 e. The summed E-state index contributed by atoms with van der Waals surface area (Å²) in [7, 11) is 3.51. The molecule has 36 heavy (non-hydrogen) atoms. The Morgan fingerprint density at radius 3 is 2.25 bits per heavy atom. The van der Waals surface area contributed by atoms with Crippen LogP contribution in [0.4, 0.5) is 0 Å². The Balaban J connectivity index is 1.76. The number of nitrogens with zero attached hydrogens (tertiary/aromatic N) is 2. The minimum atomic E-state index is -0.607. The average Bonchev–Trinajstić information content (AvgIpc) is 3.39. The third kappa shape index (κ3) is 8.18. The van der Waals surface area contributed by atoms with E-state index >= 15 is 0 Å². The lowest BCUT2D eigenvalue weighted by Gasteiger charge is -2.30. The summed E-state index contributed by atoms with van der Waals surface area (Å²) in [5.41, 5.74) is 8.91. The molecule has 0 radical (unpaired) electrons. The van der Waals surface area contributed by atoms with Gasteiger partial charge in [-0.15, -0.1) is 11.3 Å². The first-order valence-electron chi connectivity index (χ1n) is 12.3. The Labute approximate surface area is 219 Å². The molecule has 190 valence electrons. The first-order valence-corrected chi connectivity index (χ1v) is 13.2. The molecule has 1 aromatic heterocycles. The van der Waals surface area contributed by atoms with Crippen molar-refractivity contribution in [2.24, 2.45) is 5.73 Å². The molecule has 0 spiro atoms. The zero-order chi connectivity index (χ0) is 26.1. The monoisotopic (exact) mass is 503 g/mol. The number of carbonyl (C=O) groups excluding carboxylic acids is 2. The molecule has 3 rings (SSSR count). The summed E-state index contributed by atoms with van der Waals surface area (Å²) in [5.74, 6) is -0.271. The Kier molecular flexibility index (Phi) is 9.62. The van der Waals surface area contributed by atoms with E-state index in [0.717, 1.165) is 23.1 Å². The third-order valence-electron chi connectivity index (χ3n) is 6.14. The van der Waals surface area contributed by atoms with Crippen LogP contribution in [0.25, 0.3) is 11.1 Å². The van der Waals surface area contributed by atoms with E-state index in [1.165, 1.54) is 11.0 Å². The lowest BCUT2D eigenvalue weighted by atomic mass is 9.99. The van der Waals surface area contributed by atoms with Gasteiger partial charge in [-0.05, 0) is 60.9 Å². The Morgan fingerprint density at radius 1 is 0.972 bits per heavy atom. The zero-order valence-electron chi connectivity index (χ0n) is 21.7. The second-order valence-corrected chi connectivity index (χ2v) is 10.9. The fourth-order valence-corrected chi connectivity index (χ4v) is 4.61. The topological polar surface area (TPSA) is 66.6 Å². The Bertz CT molecular complexity index is 1130. The van der Waals surface area contributed by atoms with Crippen molar-refractivity contribution in [3.05, 3.63) is 94.7 Å². The maximum atomic E-state index is 13.6. The summed E-state index contributed by atoms with van der Waals surface area (Å²) in [4.78, 5) is 31.1. The number of likely N-dealkylation sites (N-methyl/N-ethyl adjacent to an activating group) is 2. The van der Waals surface area contributed by atoms with E-state index < -0.39 is 11.6 Å². The van der Waals surface area contributed by atoms with Crippen LogP contribution < -0.4 is 5.73 Å². The van der Waals surface area contributed by atoms with Gasteiger partial charge in [0, 0.05) is 37.5 Å². The highest BCUT2D eigenvalue weighted by Gasteiger charge is 2.29. The standard InChI is InChI=1S/C30H37N3O2S/c1-30(2,31)19-8-13-28(34)33(4)27(29(35)32(3)20-18-26-12-9-21-36-26)22-23-14-16-25(17-15-23)24-10-6-5-7-11-24/h5-17,21,27H,18-20,22,31H2,1-4H3/t27-/m1/s1. The number of rotatable bonds is 11. The predicted molar refractivity (Wildman–Crippen MR) is 150 cm³/mol. The minimum Gasteiger partial charge on any atom is -0.344 e. The summed E-state index contributed by atoms with van der Waals surface area (Å²) >= 11 is 1.69. The molecule has 6 heteroatoms. The Hall–Kier alpha value is -3.22. The molecule has 0 bridgehead atoms. The van der Waals surface area contributed by atoms with Gasteiger partial charge < -0.3 is 15.5 Å². The Morgan fingerprint density at radius 2 is 1.64 bits per heavy atom. The van der Waals surface area contributed by atoms with Gasteiger partial charge in [0.15, 0.2) is 0 Å². The van der Waals surface area contributed by atoms with Crippen molar-refractivity contribution in [1.29, 1.82) is 0 Å². The highest BCUT2D eigenvalue weighted by molar-refractivity contribution is 7.09. The number of carbonyl (C=O) groups is 2. The van der Waals surface area contributed by atoms with E-state index in [4.69, 9.17) is 5.73 Å². The largest absolute Gasteiger partial charge is 0.344 e. The van der Waals surface area contributed by atoms with Crippen LogP contribution in [0.2, 0.25) is 0 Å². The van der Waals surface area contributed by atoms with Gasteiger partial charge in [-0.25, -0.2) is 0 Å². The zero-order valence-corrected chi connectivity index (χ0v) is 22.5. The van der Waals surface area contributed by atoms with Gasteiger partial charge in [0.1, 0.15) is 6.04 Å². The molecule has 1 heterocycles. The molecule has 0 aliphatic heterocycles. The summed E-state index contributed by atoms with van der Waals surface area (Å²) in [5, 5.41) is 2.04. The summed E-state index contributed by atoms with van der Waals surface area (Å²) in [6.45, 7) is 4.43. The lowest BCUT2D eigenvalue weighted by molar-refractivity contribution is -0.141. The van der Waals surface area contributed by atoms with E-state index in [1.807, 2.05) is 62.7 Å². The second kappa shape index (κ2) is 12.7. The molecule has 5 nitrogen and oxygen atoms in total. The molecule has 2 aromatic carbocycles. The van der Waals surface area contributed by atoms with Crippen molar-refractivity contribution in [3.8, 4) is 11.1 Å². The number of benzene rings is 2. The van der Waals surface area contributed by atoms with Crippen LogP contribution in [0.1, 0.15) is 30.7 Å². The van der Waals surface area contributed by atoms with Gasteiger partial charge in [0.2, 0.25) is 11.8 Å². The van der Waals surface area contributed by atoms with Gasteiger partial charge in [0.05, 0.1) is 0 Å². The molecule has 0 saturated carbocycles. The highest BCUT2D eigenvalue weighted by Crippen LogP contribution is 2.21. The molecule has 2 amide bonds. The quantitative estimate of drug-likeness (QED) is 0.367. The van der Waals surface area contributed by atoms with E-state index in [9.17, 15) is 9.59 Å². The molecular weight excluding hydrogens is 466 g/mol. The molecule has 0 aliphatic carbocycles. The molecule has 2 N–H and O–H groups in total. The van der Waals surface area contributed by atoms with E-state index in [-0.39, 0.29) is 11.8 Å². The number of hydrogen-bond donors (Lipinski definition) is 1. The summed E-state index contributed by atoms with van der Waals surface area (Å²) in [6.07, 6.45) is 5.12. The highest BCUT2D eigenvalue weighted by atomic mass is 32.1. The van der Waals surface area contributed by atoms with E-state index in [1.54, 1.807) is 34.3 Å². The van der Waals surface area contributed by atoms with Gasteiger partial charge in [-0.2, -0.15) is 0 Å². The molecule has 0 saturated heterocycles. The molecule has 0 fully saturated rings. The normalized spacial score (nSPS) is 12.5.